The molecule has 2 rings (SSSR count). The number of guanidine groups is 1. The van der Waals surface area contributed by atoms with E-state index in [1.807, 2.05) is 6.20 Å². The molecule has 144 valence electrons. The zero-order valence-electron chi connectivity index (χ0n) is 15.9. The van der Waals surface area contributed by atoms with Gasteiger partial charge in [-0.15, -0.1) is 24.0 Å². The lowest BCUT2D eigenvalue weighted by Gasteiger charge is -2.40. The fourth-order valence-electron chi connectivity index (χ4n) is 3.18. The molecule has 1 aromatic heterocycles. The van der Waals surface area contributed by atoms with E-state index >= 15 is 0 Å². The van der Waals surface area contributed by atoms with Crippen LogP contribution in [-0.4, -0.2) is 49.5 Å². The van der Waals surface area contributed by atoms with Crippen LogP contribution in [-0.2, 0) is 11.2 Å². The fourth-order valence-corrected chi connectivity index (χ4v) is 3.18. The topological polar surface area (TPSA) is 74.3 Å². The molecule has 0 radical (unpaired) electrons. The molecule has 7 heteroatoms. The molecule has 0 bridgehead atoms. The number of nitrogens with zero attached hydrogens (tertiary/aromatic N) is 2. The first-order valence-corrected chi connectivity index (χ1v) is 9.19. The Hall–Kier alpha value is -0.830. The first-order chi connectivity index (χ1) is 11.7. The maximum atomic E-state index is 5.26. The Labute approximate surface area is 169 Å². The van der Waals surface area contributed by atoms with Crippen molar-refractivity contribution in [2.45, 2.75) is 52.4 Å². The van der Waals surface area contributed by atoms with E-state index in [2.05, 4.69) is 34.7 Å². The Morgan fingerprint density at radius 3 is 2.76 bits per heavy atom. The molecular weight excluding hydrogens is 429 g/mol. The van der Waals surface area contributed by atoms with Crippen LogP contribution in [0.25, 0.3) is 0 Å². The lowest BCUT2D eigenvalue weighted by atomic mass is 9.67. The van der Waals surface area contributed by atoms with Gasteiger partial charge in [-0.1, -0.05) is 6.42 Å². The Morgan fingerprint density at radius 2 is 2.20 bits per heavy atom. The number of aromatic nitrogens is 2. The third kappa shape index (κ3) is 7.13. The Morgan fingerprint density at radius 1 is 1.40 bits per heavy atom. The highest BCUT2D eigenvalue weighted by Gasteiger charge is 2.36. The molecule has 1 aliphatic carbocycles. The highest BCUT2D eigenvalue weighted by molar-refractivity contribution is 14.0. The van der Waals surface area contributed by atoms with Crippen molar-refractivity contribution in [3.8, 4) is 0 Å². The molecule has 1 heterocycles. The normalized spacial score (nSPS) is 16.0. The summed E-state index contributed by atoms with van der Waals surface area (Å²) < 4.78 is 5.26. The van der Waals surface area contributed by atoms with E-state index in [9.17, 15) is 0 Å². The molecule has 0 saturated heterocycles. The van der Waals surface area contributed by atoms with Crippen molar-refractivity contribution >= 4 is 29.9 Å². The molecule has 1 saturated carbocycles. The van der Waals surface area contributed by atoms with Crippen LogP contribution in [0.15, 0.2) is 11.2 Å². The van der Waals surface area contributed by atoms with Gasteiger partial charge in [-0.05, 0) is 56.9 Å². The van der Waals surface area contributed by atoms with Crippen molar-refractivity contribution in [1.82, 2.24) is 20.8 Å². The predicted octanol–water partition coefficient (Wildman–Crippen LogP) is 3.03. The average Bonchev–Trinajstić information content (AvgIpc) is 2.95. The lowest BCUT2D eigenvalue weighted by Crippen LogP contribution is -2.40. The molecule has 0 amide bonds. The molecule has 6 nitrogen and oxygen atoms in total. The molecule has 0 unspecified atom stereocenters. The summed E-state index contributed by atoms with van der Waals surface area (Å²) in [4.78, 5) is 4.83. The van der Waals surface area contributed by atoms with E-state index in [1.54, 1.807) is 7.11 Å². The lowest BCUT2D eigenvalue weighted by molar-refractivity contribution is 0.0778. The minimum atomic E-state index is 0. The first-order valence-electron chi connectivity index (χ1n) is 9.19. The van der Waals surface area contributed by atoms with Crippen molar-refractivity contribution in [2.24, 2.45) is 10.4 Å². The van der Waals surface area contributed by atoms with Gasteiger partial charge in [0.1, 0.15) is 0 Å². The van der Waals surface area contributed by atoms with E-state index in [0.29, 0.717) is 5.41 Å². The van der Waals surface area contributed by atoms with E-state index in [-0.39, 0.29) is 24.0 Å². The molecular formula is C18H34IN5O. The molecule has 1 fully saturated rings. The van der Waals surface area contributed by atoms with E-state index in [4.69, 9.17) is 9.73 Å². The van der Waals surface area contributed by atoms with Gasteiger partial charge >= 0.3 is 0 Å². The number of aliphatic imine (C=N–C) groups is 1. The van der Waals surface area contributed by atoms with Crippen LogP contribution in [0.2, 0.25) is 0 Å². The monoisotopic (exact) mass is 463 g/mol. The number of halogens is 1. The van der Waals surface area contributed by atoms with Gasteiger partial charge in [0.05, 0.1) is 6.20 Å². The van der Waals surface area contributed by atoms with Crippen molar-refractivity contribution in [2.75, 3.05) is 33.4 Å². The smallest absolute Gasteiger partial charge is 0.191 e. The van der Waals surface area contributed by atoms with Crippen LogP contribution in [0.3, 0.4) is 0 Å². The zero-order chi connectivity index (χ0) is 17.3. The third-order valence-electron chi connectivity index (χ3n) is 5.02. The van der Waals surface area contributed by atoms with Crippen LogP contribution in [0.1, 0.15) is 50.3 Å². The van der Waals surface area contributed by atoms with Crippen LogP contribution >= 0.6 is 24.0 Å². The van der Waals surface area contributed by atoms with Crippen LogP contribution in [0.5, 0.6) is 0 Å². The van der Waals surface area contributed by atoms with Crippen molar-refractivity contribution in [3.63, 3.8) is 0 Å². The molecule has 1 aliphatic rings. The summed E-state index contributed by atoms with van der Waals surface area (Å²) in [7, 11) is 1.78. The summed E-state index contributed by atoms with van der Waals surface area (Å²) in [5.74, 6) is 0.935. The van der Waals surface area contributed by atoms with Crippen molar-refractivity contribution < 1.29 is 4.74 Å². The fraction of sp³-hybridized carbons (Fsp3) is 0.778. The SMILES string of the molecule is CCNC(=NCC1(CCOC)CCC1)NCCCc1cn[nH]c1C.I. The number of hydrogen-bond donors (Lipinski definition) is 3. The second-order valence-corrected chi connectivity index (χ2v) is 6.84. The predicted molar refractivity (Wildman–Crippen MR) is 114 cm³/mol. The highest BCUT2D eigenvalue weighted by Crippen LogP contribution is 2.44. The van der Waals surface area contributed by atoms with Gasteiger partial charge in [0, 0.05) is 39.0 Å². The number of methoxy groups -OCH3 is 1. The minimum absolute atomic E-state index is 0. The number of hydrogen-bond acceptors (Lipinski definition) is 3. The molecule has 0 spiro atoms. The second kappa shape index (κ2) is 11.7. The first kappa shape index (κ1) is 22.2. The van der Waals surface area contributed by atoms with Gasteiger partial charge < -0.3 is 15.4 Å². The van der Waals surface area contributed by atoms with E-state index in [0.717, 1.165) is 51.5 Å². The van der Waals surface area contributed by atoms with Crippen molar-refractivity contribution in [1.29, 1.82) is 0 Å². The van der Waals surface area contributed by atoms with Gasteiger partial charge in [0.2, 0.25) is 0 Å². The molecule has 1 aromatic rings. The second-order valence-electron chi connectivity index (χ2n) is 6.84. The third-order valence-corrected chi connectivity index (χ3v) is 5.02. The van der Waals surface area contributed by atoms with Gasteiger partial charge in [-0.25, -0.2) is 0 Å². The number of nitrogens with one attached hydrogen (secondary N) is 3. The van der Waals surface area contributed by atoms with Crippen LogP contribution in [0, 0.1) is 12.3 Å². The van der Waals surface area contributed by atoms with Gasteiger partial charge in [-0.3, -0.25) is 10.1 Å². The Bertz CT molecular complexity index is 513. The van der Waals surface area contributed by atoms with Crippen molar-refractivity contribution in [3.05, 3.63) is 17.5 Å². The quantitative estimate of drug-likeness (QED) is 0.216. The van der Waals surface area contributed by atoms with Gasteiger partial charge in [-0.2, -0.15) is 5.10 Å². The summed E-state index contributed by atoms with van der Waals surface area (Å²) in [5.41, 5.74) is 2.83. The standard InChI is InChI=1S/C18H33N5O.HI/c1-4-19-17(20-11-5-7-16-13-22-23-15(16)2)21-14-18(8-6-9-18)10-12-24-3;/h13H,4-12,14H2,1-3H3,(H,22,23)(H2,19,20,21);1H. The Balaban J connectivity index is 0.00000312. The molecule has 0 atom stereocenters. The molecule has 3 N–H and O–H groups in total. The molecule has 0 aromatic carbocycles. The summed E-state index contributed by atoms with van der Waals surface area (Å²) in [6, 6.07) is 0. The number of aromatic amines is 1. The van der Waals surface area contributed by atoms with E-state index < -0.39 is 0 Å². The number of ether oxygens (including phenoxy) is 1. The van der Waals surface area contributed by atoms with E-state index in [1.165, 1.54) is 30.5 Å². The summed E-state index contributed by atoms with van der Waals surface area (Å²) in [5, 5.41) is 13.9. The maximum absolute atomic E-state index is 5.26. The van der Waals surface area contributed by atoms with Crippen LogP contribution < -0.4 is 10.6 Å². The zero-order valence-corrected chi connectivity index (χ0v) is 18.2. The summed E-state index contributed by atoms with van der Waals surface area (Å²) >= 11 is 0. The minimum Gasteiger partial charge on any atom is -0.385 e. The Kier molecular flexibility index (Phi) is 10.4. The maximum Gasteiger partial charge on any atom is 0.191 e. The molecule has 25 heavy (non-hydrogen) atoms. The molecule has 0 aliphatic heterocycles. The summed E-state index contributed by atoms with van der Waals surface area (Å²) in [6.45, 7) is 7.71. The number of H-pyrrole nitrogens is 1. The summed E-state index contributed by atoms with van der Waals surface area (Å²) in [6.07, 6.45) is 9.02. The highest BCUT2D eigenvalue weighted by atomic mass is 127. The van der Waals surface area contributed by atoms with Crippen LogP contribution in [0.4, 0.5) is 0 Å². The largest absolute Gasteiger partial charge is 0.385 e. The van der Waals surface area contributed by atoms with Gasteiger partial charge in [0.25, 0.3) is 0 Å². The van der Waals surface area contributed by atoms with Gasteiger partial charge in [0.15, 0.2) is 5.96 Å². The number of aryl methyl sites for hydroxylation is 2. The number of rotatable bonds is 10. The average molecular weight is 463 g/mol.